The Morgan fingerprint density at radius 1 is 1.39 bits per heavy atom. The first-order chi connectivity index (χ1) is 8.65. The predicted molar refractivity (Wildman–Crippen MR) is 71.2 cm³/mol. The minimum Gasteiger partial charge on any atom is -0.394 e. The first-order valence-electron chi connectivity index (χ1n) is 7.31. The molecule has 2 rings (SSSR count). The van der Waals surface area contributed by atoms with E-state index in [4.69, 9.17) is 0 Å². The van der Waals surface area contributed by atoms with Crippen molar-refractivity contribution in [3.05, 3.63) is 0 Å². The van der Waals surface area contributed by atoms with E-state index in [0.29, 0.717) is 5.92 Å². The molecule has 18 heavy (non-hydrogen) atoms. The van der Waals surface area contributed by atoms with Crippen LogP contribution < -0.4 is 10.6 Å². The maximum Gasteiger partial charge on any atom is 0.237 e. The highest BCUT2D eigenvalue weighted by Gasteiger charge is 2.37. The molecule has 1 saturated carbocycles. The van der Waals surface area contributed by atoms with E-state index in [0.717, 1.165) is 45.1 Å². The summed E-state index contributed by atoms with van der Waals surface area (Å²) in [4.78, 5) is 12.3. The van der Waals surface area contributed by atoms with Crippen molar-refractivity contribution in [2.75, 3.05) is 13.2 Å². The average molecular weight is 254 g/mol. The molecule has 0 aromatic carbocycles. The van der Waals surface area contributed by atoms with E-state index in [-0.39, 0.29) is 24.1 Å². The van der Waals surface area contributed by atoms with Crippen molar-refractivity contribution in [3.63, 3.8) is 0 Å². The molecule has 4 heteroatoms. The Balaban J connectivity index is 1.94. The van der Waals surface area contributed by atoms with Crippen LogP contribution in [0.2, 0.25) is 0 Å². The molecule has 3 N–H and O–H groups in total. The molecule has 1 saturated heterocycles. The van der Waals surface area contributed by atoms with Gasteiger partial charge in [-0.05, 0) is 38.1 Å². The zero-order chi connectivity index (χ0) is 13.0. The molecule has 0 aromatic rings. The number of carbonyl (C=O) groups excluding carboxylic acids is 1. The molecule has 2 unspecified atom stereocenters. The number of carbonyl (C=O) groups is 1. The molecule has 1 amide bonds. The normalized spacial score (nSPS) is 37.2. The number of hydrogen-bond acceptors (Lipinski definition) is 3. The first-order valence-corrected chi connectivity index (χ1v) is 7.31. The second-order valence-corrected chi connectivity index (χ2v) is 6.13. The third-order valence-corrected chi connectivity index (χ3v) is 4.41. The monoisotopic (exact) mass is 254 g/mol. The van der Waals surface area contributed by atoms with E-state index in [1.54, 1.807) is 0 Å². The molecular formula is C14H26N2O2. The number of piperidine rings is 1. The maximum absolute atomic E-state index is 12.3. The smallest absolute Gasteiger partial charge is 0.237 e. The number of rotatable bonds is 3. The standard InChI is InChI=1S/C14H26N2O2/c1-11-5-4-7-14(9-11,10-17)16-13(18)12-6-2-3-8-15-12/h11-12,15,17H,2-10H2,1H3,(H,16,18)/t11?,12-,14?/m1/s1. The van der Waals surface area contributed by atoms with Crippen molar-refractivity contribution in [1.29, 1.82) is 0 Å². The van der Waals surface area contributed by atoms with Crippen molar-refractivity contribution < 1.29 is 9.90 Å². The molecule has 2 fully saturated rings. The minimum atomic E-state index is -0.367. The molecule has 0 bridgehead atoms. The Morgan fingerprint density at radius 3 is 2.83 bits per heavy atom. The van der Waals surface area contributed by atoms with Crippen molar-refractivity contribution in [3.8, 4) is 0 Å². The van der Waals surface area contributed by atoms with E-state index in [1.807, 2.05) is 0 Å². The molecule has 4 nitrogen and oxygen atoms in total. The SMILES string of the molecule is CC1CCCC(CO)(NC(=O)[C@H]2CCCCN2)C1. The topological polar surface area (TPSA) is 61.4 Å². The third kappa shape index (κ3) is 3.23. The van der Waals surface area contributed by atoms with Crippen LogP contribution in [0.3, 0.4) is 0 Å². The summed E-state index contributed by atoms with van der Waals surface area (Å²) in [6, 6.07) is -0.0561. The summed E-state index contributed by atoms with van der Waals surface area (Å²) in [5.74, 6) is 0.670. The summed E-state index contributed by atoms with van der Waals surface area (Å²) >= 11 is 0. The fraction of sp³-hybridized carbons (Fsp3) is 0.929. The second-order valence-electron chi connectivity index (χ2n) is 6.13. The zero-order valence-electron chi connectivity index (χ0n) is 11.4. The van der Waals surface area contributed by atoms with Gasteiger partial charge in [0.2, 0.25) is 5.91 Å². The fourth-order valence-electron chi connectivity index (χ4n) is 3.38. The van der Waals surface area contributed by atoms with Gasteiger partial charge in [-0.15, -0.1) is 0 Å². The molecule has 1 aliphatic carbocycles. The highest BCUT2D eigenvalue weighted by Crippen LogP contribution is 2.32. The Bertz CT molecular complexity index is 290. The molecule has 104 valence electrons. The Kier molecular flexibility index (Phi) is 4.62. The van der Waals surface area contributed by atoms with Gasteiger partial charge in [-0.2, -0.15) is 0 Å². The van der Waals surface area contributed by atoms with Crippen molar-refractivity contribution in [2.24, 2.45) is 5.92 Å². The number of aliphatic hydroxyl groups is 1. The zero-order valence-corrected chi connectivity index (χ0v) is 11.4. The predicted octanol–water partition coefficient (Wildman–Crippen LogP) is 1.19. The largest absolute Gasteiger partial charge is 0.394 e. The van der Waals surface area contributed by atoms with Gasteiger partial charge in [-0.3, -0.25) is 4.79 Å². The lowest BCUT2D eigenvalue weighted by atomic mass is 9.76. The van der Waals surface area contributed by atoms with Crippen LogP contribution in [0, 0.1) is 5.92 Å². The molecule has 1 aliphatic heterocycles. The van der Waals surface area contributed by atoms with Gasteiger partial charge < -0.3 is 15.7 Å². The van der Waals surface area contributed by atoms with Crippen molar-refractivity contribution in [1.82, 2.24) is 10.6 Å². The maximum atomic E-state index is 12.3. The fourth-order valence-corrected chi connectivity index (χ4v) is 3.38. The molecule has 0 aromatic heterocycles. The van der Waals surface area contributed by atoms with E-state index >= 15 is 0 Å². The van der Waals surface area contributed by atoms with Crippen LogP contribution in [-0.4, -0.2) is 35.7 Å². The van der Waals surface area contributed by atoms with Gasteiger partial charge in [0.1, 0.15) is 0 Å². The number of hydrogen-bond donors (Lipinski definition) is 3. The number of aliphatic hydroxyl groups excluding tert-OH is 1. The summed E-state index contributed by atoms with van der Waals surface area (Å²) in [6.07, 6.45) is 7.32. The van der Waals surface area contributed by atoms with Gasteiger partial charge in [-0.1, -0.05) is 26.2 Å². The Morgan fingerprint density at radius 2 is 2.22 bits per heavy atom. The Hall–Kier alpha value is -0.610. The molecular weight excluding hydrogens is 228 g/mol. The van der Waals surface area contributed by atoms with E-state index in [1.165, 1.54) is 6.42 Å². The van der Waals surface area contributed by atoms with Gasteiger partial charge in [0, 0.05) is 0 Å². The van der Waals surface area contributed by atoms with Gasteiger partial charge in [0.15, 0.2) is 0 Å². The quantitative estimate of drug-likeness (QED) is 0.709. The summed E-state index contributed by atoms with van der Waals surface area (Å²) in [5, 5.41) is 16.1. The van der Waals surface area contributed by atoms with Crippen LogP contribution in [0.25, 0.3) is 0 Å². The third-order valence-electron chi connectivity index (χ3n) is 4.41. The average Bonchev–Trinajstić information content (AvgIpc) is 2.39. The number of nitrogens with one attached hydrogen (secondary N) is 2. The van der Waals surface area contributed by atoms with Crippen LogP contribution in [0.1, 0.15) is 51.9 Å². The lowest BCUT2D eigenvalue weighted by molar-refractivity contribution is -0.127. The second kappa shape index (κ2) is 6.02. The Labute approximate surface area is 110 Å². The van der Waals surface area contributed by atoms with Crippen molar-refractivity contribution >= 4 is 5.91 Å². The van der Waals surface area contributed by atoms with E-state index in [9.17, 15) is 9.90 Å². The summed E-state index contributed by atoms with van der Waals surface area (Å²) in [6.45, 7) is 3.20. The lowest BCUT2D eigenvalue weighted by Crippen LogP contribution is -2.58. The van der Waals surface area contributed by atoms with E-state index in [2.05, 4.69) is 17.6 Å². The first kappa shape index (κ1) is 13.8. The van der Waals surface area contributed by atoms with Crippen LogP contribution in [0.4, 0.5) is 0 Å². The molecule has 1 heterocycles. The lowest BCUT2D eigenvalue weighted by Gasteiger charge is -2.40. The van der Waals surface area contributed by atoms with Crippen molar-refractivity contribution in [2.45, 2.75) is 63.5 Å². The molecule has 3 atom stereocenters. The highest BCUT2D eigenvalue weighted by molar-refractivity contribution is 5.82. The van der Waals surface area contributed by atoms with Crippen LogP contribution >= 0.6 is 0 Å². The summed E-state index contributed by atoms with van der Waals surface area (Å²) in [7, 11) is 0. The van der Waals surface area contributed by atoms with Gasteiger partial charge in [-0.25, -0.2) is 0 Å². The summed E-state index contributed by atoms with van der Waals surface area (Å²) in [5.41, 5.74) is -0.367. The minimum absolute atomic E-state index is 0.0561. The summed E-state index contributed by atoms with van der Waals surface area (Å²) < 4.78 is 0. The van der Waals surface area contributed by atoms with Gasteiger partial charge in [0.25, 0.3) is 0 Å². The highest BCUT2D eigenvalue weighted by atomic mass is 16.3. The van der Waals surface area contributed by atoms with Crippen LogP contribution in [0.5, 0.6) is 0 Å². The van der Waals surface area contributed by atoms with Crippen LogP contribution in [-0.2, 0) is 4.79 Å². The molecule has 2 aliphatic rings. The van der Waals surface area contributed by atoms with E-state index < -0.39 is 0 Å². The van der Waals surface area contributed by atoms with Gasteiger partial charge >= 0.3 is 0 Å². The van der Waals surface area contributed by atoms with Crippen LogP contribution in [0.15, 0.2) is 0 Å². The molecule has 0 spiro atoms. The number of amides is 1. The van der Waals surface area contributed by atoms with Gasteiger partial charge in [0.05, 0.1) is 18.2 Å². The molecule has 0 radical (unpaired) electrons.